The van der Waals surface area contributed by atoms with Gasteiger partial charge < -0.3 is 20.1 Å². The Labute approximate surface area is 191 Å². The minimum absolute atomic E-state index is 0.100. The number of hydrogen-bond donors (Lipinski definition) is 4. The summed E-state index contributed by atoms with van der Waals surface area (Å²) in [7, 11) is 0. The number of esters is 1. The molecule has 0 aliphatic carbocycles. The molecule has 33 heavy (non-hydrogen) atoms. The van der Waals surface area contributed by atoms with Crippen molar-refractivity contribution < 1.29 is 34.4 Å². The number of para-hydroxylation sites is 1. The first-order chi connectivity index (χ1) is 15.9. The van der Waals surface area contributed by atoms with E-state index in [4.69, 9.17) is 14.6 Å². The van der Waals surface area contributed by atoms with Gasteiger partial charge in [0.1, 0.15) is 23.5 Å². The van der Waals surface area contributed by atoms with Crippen molar-refractivity contribution in [1.82, 2.24) is 10.2 Å². The van der Waals surface area contributed by atoms with Crippen LogP contribution in [0.4, 0.5) is 0 Å². The van der Waals surface area contributed by atoms with Crippen LogP contribution in [-0.4, -0.2) is 64.4 Å². The number of carbonyl (C=O) groups is 3. The molecule has 1 unspecified atom stereocenters. The number of piperidine rings is 3. The van der Waals surface area contributed by atoms with Crippen molar-refractivity contribution in [2.75, 3.05) is 19.6 Å². The third kappa shape index (κ3) is 6.09. The molecule has 0 radical (unpaired) electrons. The van der Waals surface area contributed by atoms with Crippen LogP contribution in [0.25, 0.3) is 0 Å². The Hall–Kier alpha value is -3.43. The van der Waals surface area contributed by atoms with Gasteiger partial charge in [0, 0.05) is 18.7 Å². The standard InChI is InChI=1S/C23H26N2O5.CH2O2/c26-21-17(7-4-8-18(21)22(27)28)13-24-20(16-5-2-1-3-6-16)23(29)30-19-14-25-11-9-15(19)10-12-25;2-1-3/h1-8,15,19-20,24,26H,9-14H2,(H,27,28);1H,(H,2,3)/t19-,20?;/m0./s1. The predicted molar refractivity (Wildman–Crippen MR) is 119 cm³/mol. The molecular formula is C24H28N2O7. The summed E-state index contributed by atoms with van der Waals surface area (Å²) in [5, 5.41) is 29.5. The number of carboxylic acid groups (broad SMARTS) is 2. The molecule has 3 saturated heterocycles. The van der Waals surface area contributed by atoms with E-state index in [0.717, 1.165) is 38.0 Å². The molecule has 176 valence electrons. The van der Waals surface area contributed by atoms with Gasteiger partial charge in [-0.15, -0.1) is 0 Å². The number of fused-ring (bicyclic) bond motifs is 3. The number of nitrogens with zero attached hydrogens (tertiary/aromatic N) is 1. The summed E-state index contributed by atoms with van der Waals surface area (Å²) in [6, 6.07) is 13.1. The Bertz CT molecular complexity index is 959. The molecule has 2 bridgehead atoms. The Balaban J connectivity index is 0.000000968. The lowest BCUT2D eigenvalue weighted by Gasteiger charge is -2.44. The fourth-order valence-electron chi connectivity index (χ4n) is 4.36. The van der Waals surface area contributed by atoms with Gasteiger partial charge in [-0.05, 0) is 43.5 Å². The van der Waals surface area contributed by atoms with Gasteiger partial charge in [-0.3, -0.25) is 15.0 Å². The van der Waals surface area contributed by atoms with Crippen molar-refractivity contribution in [3.05, 3.63) is 65.2 Å². The van der Waals surface area contributed by atoms with E-state index in [-0.39, 0.29) is 36.4 Å². The first-order valence-electron chi connectivity index (χ1n) is 10.8. The van der Waals surface area contributed by atoms with Crippen molar-refractivity contribution in [1.29, 1.82) is 0 Å². The molecule has 4 N–H and O–H groups in total. The largest absolute Gasteiger partial charge is 0.507 e. The highest BCUT2D eigenvalue weighted by atomic mass is 16.5. The lowest BCUT2D eigenvalue weighted by molar-refractivity contribution is -0.161. The van der Waals surface area contributed by atoms with E-state index in [9.17, 15) is 19.8 Å². The number of carbonyl (C=O) groups excluding carboxylic acids is 1. The van der Waals surface area contributed by atoms with E-state index in [2.05, 4.69) is 10.2 Å². The Morgan fingerprint density at radius 3 is 2.36 bits per heavy atom. The summed E-state index contributed by atoms with van der Waals surface area (Å²) in [6.45, 7) is 2.79. The van der Waals surface area contributed by atoms with E-state index in [0.29, 0.717) is 11.5 Å². The smallest absolute Gasteiger partial charge is 0.339 e. The third-order valence-corrected chi connectivity index (χ3v) is 6.08. The van der Waals surface area contributed by atoms with Crippen LogP contribution in [-0.2, 0) is 20.9 Å². The third-order valence-electron chi connectivity index (χ3n) is 6.08. The highest BCUT2D eigenvalue weighted by Crippen LogP contribution is 2.31. The number of rotatable bonds is 7. The Morgan fingerprint density at radius 2 is 1.79 bits per heavy atom. The second-order valence-corrected chi connectivity index (χ2v) is 8.06. The average molecular weight is 456 g/mol. The molecule has 0 amide bonds. The van der Waals surface area contributed by atoms with E-state index in [1.165, 1.54) is 6.07 Å². The summed E-state index contributed by atoms with van der Waals surface area (Å²) >= 11 is 0. The zero-order valence-corrected chi connectivity index (χ0v) is 18.1. The van der Waals surface area contributed by atoms with Gasteiger partial charge in [-0.2, -0.15) is 0 Å². The van der Waals surface area contributed by atoms with Gasteiger partial charge in [-0.1, -0.05) is 42.5 Å². The van der Waals surface area contributed by atoms with Crippen LogP contribution >= 0.6 is 0 Å². The van der Waals surface area contributed by atoms with Crippen LogP contribution in [0, 0.1) is 5.92 Å². The van der Waals surface area contributed by atoms with Crippen LogP contribution in [0.2, 0.25) is 0 Å². The second kappa shape index (κ2) is 11.4. The number of aromatic hydroxyl groups is 1. The maximum Gasteiger partial charge on any atom is 0.339 e. The van der Waals surface area contributed by atoms with Crippen LogP contribution in [0.3, 0.4) is 0 Å². The minimum Gasteiger partial charge on any atom is -0.507 e. The van der Waals surface area contributed by atoms with Gasteiger partial charge >= 0.3 is 11.9 Å². The molecule has 5 rings (SSSR count). The number of phenols is 1. The molecule has 9 nitrogen and oxygen atoms in total. The number of nitrogens with one attached hydrogen (secondary N) is 1. The monoisotopic (exact) mass is 456 g/mol. The molecule has 2 atom stereocenters. The zero-order chi connectivity index (χ0) is 23.8. The topological polar surface area (TPSA) is 136 Å². The van der Waals surface area contributed by atoms with Gasteiger partial charge in [0.25, 0.3) is 6.47 Å². The van der Waals surface area contributed by atoms with E-state index < -0.39 is 12.0 Å². The van der Waals surface area contributed by atoms with E-state index in [1.807, 2.05) is 30.3 Å². The number of aromatic carboxylic acids is 1. The summed E-state index contributed by atoms with van der Waals surface area (Å²) < 4.78 is 5.92. The molecule has 3 aliphatic rings. The van der Waals surface area contributed by atoms with Crippen LogP contribution < -0.4 is 5.32 Å². The highest BCUT2D eigenvalue weighted by molar-refractivity contribution is 5.91. The summed E-state index contributed by atoms with van der Waals surface area (Å²) in [6.07, 6.45) is 2.01. The molecule has 2 aromatic carbocycles. The first kappa shape index (κ1) is 24.2. The quantitative estimate of drug-likeness (QED) is 0.365. The molecule has 3 heterocycles. The van der Waals surface area contributed by atoms with E-state index >= 15 is 0 Å². The molecule has 3 fully saturated rings. The van der Waals surface area contributed by atoms with Crippen LogP contribution in [0.15, 0.2) is 48.5 Å². The van der Waals surface area contributed by atoms with Gasteiger partial charge in [0.05, 0.1) is 0 Å². The maximum atomic E-state index is 13.1. The van der Waals surface area contributed by atoms with Gasteiger partial charge in [-0.25, -0.2) is 9.59 Å². The number of hydrogen-bond acceptors (Lipinski definition) is 7. The molecule has 2 aromatic rings. The summed E-state index contributed by atoms with van der Waals surface area (Å²) in [5.41, 5.74) is 1.00. The van der Waals surface area contributed by atoms with Crippen molar-refractivity contribution in [3.63, 3.8) is 0 Å². The maximum absolute atomic E-state index is 13.1. The fraction of sp³-hybridized carbons (Fsp3) is 0.375. The minimum atomic E-state index is -1.20. The highest BCUT2D eigenvalue weighted by Gasteiger charge is 2.37. The summed E-state index contributed by atoms with van der Waals surface area (Å²) in [5.74, 6) is -1.44. The summed E-state index contributed by atoms with van der Waals surface area (Å²) in [4.78, 5) is 35.1. The lowest BCUT2D eigenvalue weighted by atomic mass is 9.86. The van der Waals surface area contributed by atoms with Crippen LogP contribution in [0.1, 0.15) is 40.4 Å². The SMILES string of the molecule is O=C(O)c1cccc(CNC(C(=O)O[C@H]2CN3CCC2CC3)c2ccccc2)c1O.O=CO. The number of ether oxygens (including phenoxy) is 1. The van der Waals surface area contributed by atoms with Crippen molar-refractivity contribution in [3.8, 4) is 5.75 Å². The molecule has 9 heteroatoms. The number of benzene rings is 2. The molecule has 3 aliphatic heterocycles. The van der Waals surface area contributed by atoms with Crippen molar-refractivity contribution in [2.24, 2.45) is 5.92 Å². The van der Waals surface area contributed by atoms with Crippen molar-refractivity contribution >= 4 is 18.4 Å². The molecule has 0 aromatic heterocycles. The molecular weight excluding hydrogens is 428 g/mol. The molecule has 0 saturated carbocycles. The van der Waals surface area contributed by atoms with Gasteiger partial charge in [0.15, 0.2) is 0 Å². The Morgan fingerprint density at radius 1 is 1.12 bits per heavy atom. The Kier molecular flexibility index (Phi) is 8.39. The fourth-order valence-corrected chi connectivity index (χ4v) is 4.36. The van der Waals surface area contributed by atoms with Crippen molar-refractivity contribution in [2.45, 2.75) is 31.5 Å². The average Bonchev–Trinajstić information content (AvgIpc) is 2.82. The first-order valence-corrected chi connectivity index (χ1v) is 10.8. The second-order valence-electron chi connectivity index (χ2n) is 8.06. The van der Waals surface area contributed by atoms with Crippen LogP contribution in [0.5, 0.6) is 5.75 Å². The number of carboxylic acids is 1. The predicted octanol–water partition coefficient (Wildman–Crippen LogP) is 2.26. The van der Waals surface area contributed by atoms with Gasteiger partial charge in [0.2, 0.25) is 0 Å². The zero-order valence-electron chi connectivity index (χ0n) is 18.1. The van der Waals surface area contributed by atoms with E-state index in [1.54, 1.807) is 12.1 Å². The normalized spacial score (nSPS) is 21.9. The molecule has 0 spiro atoms. The lowest BCUT2D eigenvalue weighted by Crippen LogP contribution is -2.52.